The van der Waals surface area contributed by atoms with Crippen LogP contribution in [0.15, 0.2) is 35.3 Å². The van der Waals surface area contributed by atoms with E-state index in [1.165, 1.54) is 6.07 Å². The molecule has 0 saturated heterocycles. The van der Waals surface area contributed by atoms with Crippen LogP contribution in [0.25, 0.3) is 0 Å². The van der Waals surface area contributed by atoms with Gasteiger partial charge in [0.2, 0.25) is 0 Å². The lowest BCUT2D eigenvalue weighted by Crippen LogP contribution is -2.14. The van der Waals surface area contributed by atoms with Gasteiger partial charge in [-0.2, -0.15) is 0 Å². The molecular formula is C17H16Cl2F2N2. The average molecular weight is 357 g/mol. The lowest BCUT2D eigenvalue weighted by Gasteiger charge is -2.10. The van der Waals surface area contributed by atoms with E-state index in [4.69, 9.17) is 23.2 Å². The van der Waals surface area contributed by atoms with E-state index < -0.39 is 11.6 Å². The molecule has 0 atom stereocenters. The van der Waals surface area contributed by atoms with Crippen LogP contribution in [-0.2, 0) is 6.42 Å². The first-order valence-electron chi connectivity index (χ1n) is 7.07. The Morgan fingerprint density at radius 3 is 2.48 bits per heavy atom. The summed E-state index contributed by atoms with van der Waals surface area (Å²) in [6.45, 7) is 2.83. The summed E-state index contributed by atoms with van der Waals surface area (Å²) in [6.07, 6.45) is 2.03. The van der Waals surface area contributed by atoms with Crippen molar-refractivity contribution < 1.29 is 8.78 Å². The number of rotatable bonds is 5. The maximum absolute atomic E-state index is 13.3. The minimum atomic E-state index is -0.881. The molecule has 0 aliphatic rings. The van der Waals surface area contributed by atoms with E-state index in [1.807, 2.05) is 18.9 Å². The van der Waals surface area contributed by atoms with Crippen molar-refractivity contribution in [1.29, 1.82) is 0 Å². The maximum atomic E-state index is 13.3. The fraction of sp³-hybridized carbons (Fsp3) is 0.235. The van der Waals surface area contributed by atoms with Crippen LogP contribution < -0.4 is 0 Å². The van der Waals surface area contributed by atoms with Gasteiger partial charge >= 0.3 is 0 Å². The summed E-state index contributed by atoms with van der Waals surface area (Å²) in [5.41, 5.74) is 1.90. The molecule has 2 aromatic rings. The third kappa shape index (κ3) is 4.66. The lowest BCUT2D eigenvalue weighted by molar-refractivity contribution is 0.507. The Morgan fingerprint density at radius 1 is 1.09 bits per heavy atom. The predicted octanol–water partition coefficient (Wildman–Crippen LogP) is 5.47. The van der Waals surface area contributed by atoms with Crippen LogP contribution in [0.5, 0.6) is 0 Å². The fourth-order valence-electron chi connectivity index (χ4n) is 1.92. The third-order valence-corrected chi connectivity index (χ3v) is 4.04. The van der Waals surface area contributed by atoms with Crippen LogP contribution in [-0.4, -0.2) is 24.8 Å². The molecule has 0 bridgehead atoms. The zero-order valence-corrected chi connectivity index (χ0v) is 14.3. The van der Waals surface area contributed by atoms with Crippen molar-refractivity contribution in [3.05, 3.63) is 63.1 Å². The largest absolute Gasteiger partial charge is 0.366 e. The topological polar surface area (TPSA) is 15.6 Å². The first-order chi connectivity index (χ1) is 10.9. The van der Waals surface area contributed by atoms with Gasteiger partial charge in [-0.3, -0.25) is 0 Å². The molecule has 0 aliphatic carbocycles. The van der Waals surface area contributed by atoms with Crippen molar-refractivity contribution in [2.75, 3.05) is 13.6 Å². The molecule has 23 heavy (non-hydrogen) atoms. The Morgan fingerprint density at radius 2 is 1.83 bits per heavy atom. The van der Waals surface area contributed by atoms with Crippen molar-refractivity contribution in [2.45, 2.75) is 13.3 Å². The second-order valence-electron chi connectivity index (χ2n) is 5.14. The van der Waals surface area contributed by atoms with Gasteiger partial charge in [-0.05, 0) is 48.7 Å². The van der Waals surface area contributed by atoms with Gasteiger partial charge < -0.3 is 4.90 Å². The second-order valence-corrected chi connectivity index (χ2v) is 5.95. The smallest absolute Gasteiger partial charge is 0.159 e. The standard InChI is InChI=1S/C17H16Cl2F2N2/c1-3-23(2)10-22-17-9-13(18)12(8-14(17)19)6-11-4-5-15(20)16(21)7-11/h4-5,7-10H,3,6H2,1-2H3/b22-10-. The molecule has 2 rings (SSSR count). The molecule has 2 nitrogen and oxygen atoms in total. The predicted molar refractivity (Wildman–Crippen MR) is 92.1 cm³/mol. The molecule has 0 spiro atoms. The summed E-state index contributed by atoms with van der Waals surface area (Å²) >= 11 is 12.5. The minimum absolute atomic E-state index is 0.356. The number of aliphatic imine (C=N–C) groups is 1. The monoisotopic (exact) mass is 356 g/mol. The van der Waals surface area contributed by atoms with Crippen molar-refractivity contribution in [3.63, 3.8) is 0 Å². The Labute approximate surface area is 144 Å². The van der Waals surface area contributed by atoms with Crippen LogP contribution in [0.4, 0.5) is 14.5 Å². The molecule has 6 heteroatoms. The van der Waals surface area contributed by atoms with Crippen molar-refractivity contribution in [3.8, 4) is 0 Å². The molecular weight excluding hydrogens is 341 g/mol. The van der Waals surface area contributed by atoms with Crippen LogP contribution in [0.3, 0.4) is 0 Å². The van der Waals surface area contributed by atoms with Crippen molar-refractivity contribution in [1.82, 2.24) is 4.90 Å². The molecule has 2 aromatic carbocycles. The molecule has 0 radical (unpaired) electrons. The highest BCUT2D eigenvalue weighted by molar-refractivity contribution is 6.35. The quantitative estimate of drug-likeness (QED) is 0.512. The van der Waals surface area contributed by atoms with Crippen molar-refractivity contribution in [2.24, 2.45) is 4.99 Å². The number of benzene rings is 2. The Kier molecular flexibility index (Phi) is 5.97. The molecule has 0 unspecified atom stereocenters. The van der Waals surface area contributed by atoms with Gasteiger partial charge in [-0.15, -0.1) is 0 Å². The second kappa shape index (κ2) is 7.75. The van der Waals surface area contributed by atoms with Gasteiger partial charge in [0.15, 0.2) is 11.6 Å². The van der Waals surface area contributed by atoms with Crippen LogP contribution in [0, 0.1) is 11.6 Å². The number of halogens is 4. The van der Waals surface area contributed by atoms with E-state index in [-0.39, 0.29) is 0 Å². The number of hydrogen-bond acceptors (Lipinski definition) is 1. The molecule has 0 fully saturated rings. The first-order valence-corrected chi connectivity index (χ1v) is 7.82. The van der Waals surface area contributed by atoms with E-state index >= 15 is 0 Å². The summed E-state index contributed by atoms with van der Waals surface area (Å²) in [4.78, 5) is 6.19. The van der Waals surface area contributed by atoms with E-state index in [0.717, 1.165) is 24.2 Å². The maximum Gasteiger partial charge on any atom is 0.159 e. The molecule has 122 valence electrons. The van der Waals surface area contributed by atoms with E-state index in [0.29, 0.717) is 27.7 Å². The number of nitrogens with zero attached hydrogens (tertiary/aromatic N) is 2. The SMILES string of the molecule is CCN(C)/C=N\c1cc(Cl)c(Cc2ccc(F)c(F)c2)cc1Cl. The first kappa shape index (κ1) is 17.7. The lowest BCUT2D eigenvalue weighted by atomic mass is 10.0. The minimum Gasteiger partial charge on any atom is -0.366 e. The molecule has 0 amide bonds. The van der Waals surface area contributed by atoms with E-state index in [1.54, 1.807) is 18.5 Å². The summed E-state index contributed by atoms with van der Waals surface area (Å²) in [7, 11) is 1.90. The fourth-order valence-corrected chi connectivity index (χ4v) is 2.38. The molecule has 0 aromatic heterocycles. The highest BCUT2D eigenvalue weighted by Crippen LogP contribution is 2.32. The Hall–Kier alpha value is -1.65. The summed E-state index contributed by atoms with van der Waals surface area (Å²) in [5, 5.41) is 0.929. The molecule has 0 N–H and O–H groups in total. The normalized spacial score (nSPS) is 11.2. The van der Waals surface area contributed by atoms with Gasteiger partial charge in [-0.1, -0.05) is 29.3 Å². The molecule has 0 aliphatic heterocycles. The average Bonchev–Trinajstić information content (AvgIpc) is 2.52. The van der Waals surface area contributed by atoms with Gasteiger partial charge in [-0.25, -0.2) is 13.8 Å². The zero-order chi connectivity index (χ0) is 17.0. The summed E-state index contributed by atoms with van der Waals surface area (Å²) in [5.74, 6) is -1.75. The van der Waals surface area contributed by atoms with Crippen LogP contribution in [0.2, 0.25) is 10.0 Å². The summed E-state index contributed by atoms with van der Waals surface area (Å²) < 4.78 is 26.2. The van der Waals surface area contributed by atoms with E-state index in [2.05, 4.69) is 4.99 Å². The van der Waals surface area contributed by atoms with Crippen LogP contribution in [0.1, 0.15) is 18.1 Å². The highest BCUT2D eigenvalue weighted by atomic mass is 35.5. The Balaban J connectivity index is 2.25. The molecule has 0 heterocycles. The molecule has 0 saturated carbocycles. The van der Waals surface area contributed by atoms with Crippen molar-refractivity contribution >= 4 is 35.2 Å². The van der Waals surface area contributed by atoms with Gasteiger partial charge in [0, 0.05) is 18.6 Å². The summed E-state index contributed by atoms with van der Waals surface area (Å²) in [6, 6.07) is 7.13. The third-order valence-electron chi connectivity index (χ3n) is 3.39. The zero-order valence-electron chi connectivity index (χ0n) is 12.8. The van der Waals surface area contributed by atoms with Gasteiger partial charge in [0.25, 0.3) is 0 Å². The van der Waals surface area contributed by atoms with Gasteiger partial charge in [0.05, 0.1) is 17.0 Å². The number of hydrogen-bond donors (Lipinski definition) is 0. The van der Waals surface area contributed by atoms with Crippen LogP contribution >= 0.6 is 23.2 Å². The van der Waals surface area contributed by atoms with E-state index in [9.17, 15) is 8.78 Å². The van der Waals surface area contributed by atoms with Gasteiger partial charge in [0.1, 0.15) is 0 Å². The Bertz CT molecular complexity index is 733. The highest BCUT2D eigenvalue weighted by Gasteiger charge is 2.09.